The van der Waals surface area contributed by atoms with E-state index in [2.05, 4.69) is 14.8 Å². The molecule has 1 atom stereocenters. The van der Waals surface area contributed by atoms with E-state index in [4.69, 9.17) is 11.5 Å². The van der Waals surface area contributed by atoms with Gasteiger partial charge in [-0.15, -0.1) is 0 Å². The molecule has 98 valence electrons. The number of primary amides is 1. The highest BCUT2D eigenvalue weighted by Gasteiger charge is 2.24. The van der Waals surface area contributed by atoms with Crippen molar-refractivity contribution in [2.75, 3.05) is 36.8 Å². The Morgan fingerprint density at radius 3 is 2.50 bits per heavy atom. The van der Waals surface area contributed by atoms with Crippen LogP contribution < -0.4 is 16.4 Å². The van der Waals surface area contributed by atoms with Crippen LogP contribution in [0, 0.1) is 0 Å². The molecule has 1 unspecified atom stereocenters. The first kappa shape index (κ1) is 12.6. The smallest absolute Gasteiger partial charge is 0.234 e. The molecule has 0 aliphatic carbocycles. The second kappa shape index (κ2) is 5.22. The Bertz CT molecular complexity index is 411. The second-order valence-corrected chi connectivity index (χ2v) is 4.54. The number of nitrogens with two attached hydrogens (primary N) is 2. The third kappa shape index (κ3) is 2.70. The summed E-state index contributed by atoms with van der Waals surface area (Å²) in [5.41, 5.74) is 11.9. The van der Waals surface area contributed by atoms with Crippen LogP contribution in [0.25, 0.3) is 0 Å². The molecule has 6 heteroatoms. The zero-order valence-electron chi connectivity index (χ0n) is 10.5. The SMILES string of the molecule is CC(C(N)=O)N1CCN(c2ccc(N)nc2)CC1. The number of hydrogen-bond donors (Lipinski definition) is 2. The largest absolute Gasteiger partial charge is 0.384 e. The highest BCUT2D eigenvalue weighted by molar-refractivity contribution is 5.79. The van der Waals surface area contributed by atoms with Gasteiger partial charge in [0.05, 0.1) is 17.9 Å². The van der Waals surface area contributed by atoms with Gasteiger partial charge in [-0.2, -0.15) is 0 Å². The first-order valence-electron chi connectivity index (χ1n) is 6.08. The van der Waals surface area contributed by atoms with Gasteiger partial charge >= 0.3 is 0 Å². The molecule has 0 saturated carbocycles. The predicted octanol–water partition coefficient (Wildman–Crippen LogP) is -0.340. The summed E-state index contributed by atoms with van der Waals surface area (Å²) in [4.78, 5) is 19.5. The van der Waals surface area contributed by atoms with Crippen LogP contribution >= 0.6 is 0 Å². The molecule has 18 heavy (non-hydrogen) atoms. The normalized spacial score (nSPS) is 18.6. The van der Waals surface area contributed by atoms with Gasteiger partial charge in [-0.05, 0) is 19.1 Å². The number of anilines is 2. The maximum absolute atomic E-state index is 11.1. The first-order valence-corrected chi connectivity index (χ1v) is 6.08. The molecule has 0 aromatic carbocycles. The van der Waals surface area contributed by atoms with Crippen molar-refractivity contribution in [2.45, 2.75) is 13.0 Å². The average Bonchev–Trinajstić information content (AvgIpc) is 2.39. The van der Waals surface area contributed by atoms with Gasteiger partial charge in [0.15, 0.2) is 0 Å². The molecule has 6 nitrogen and oxygen atoms in total. The second-order valence-electron chi connectivity index (χ2n) is 4.54. The van der Waals surface area contributed by atoms with Gasteiger partial charge in [-0.3, -0.25) is 9.69 Å². The number of carbonyl (C=O) groups excluding carboxylic acids is 1. The van der Waals surface area contributed by atoms with Crippen molar-refractivity contribution in [3.8, 4) is 0 Å². The molecule has 1 amide bonds. The molecular formula is C12H19N5O. The van der Waals surface area contributed by atoms with E-state index in [-0.39, 0.29) is 11.9 Å². The van der Waals surface area contributed by atoms with Crippen LogP contribution in [0.3, 0.4) is 0 Å². The number of rotatable bonds is 3. The molecule has 2 rings (SSSR count). The number of carbonyl (C=O) groups is 1. The fourth-order valence-electron chi connectivity index (χ4n) is 2.13. The minimum Gasteiger partial charge on any atom is -0.384 e. The summed E-state index contributed by atoms with van der Waals surface area (Å²) in [6.45, 7) is 5.23. The quantitative estimate of drug-likeness (QED) is 0.765. The van der Waals surface area contributed by atoms with Gasteiger partial charge in [0.1, 0.15) is 5.82 Å². The van der Waals surface area contributed by atoms with Gasteiger partial charge in [0.2, 0.25) is 5.91 Å². The number of nitrogens with zero attached hydrogens (tertiary/aromatic N) is 3. The van der Waals surface area contributed by atoms with Crippen LogP contribution in [0.15, 0.2) is 18.3 Å². The third-order valence-corrected chi connectivity index (χ3v) is 3.41. The monoisotopic (exact) mass is 249 g/mol. The fraction of sp³-hybridized carbons (Fsp3) is 0.500. The Hall–Kier alpha value is -1.82. The molecule has 1 aromatic rings. The lowest BCUT2D eigenvalue weighted by molar-refractivity contribution is -0.122. The predicted molar refractivity (Wildman–Crippen MR) is 71.1 cm³/mol. The van der Waals surface area contributed by atoms with Gasteiger partial charge in [-0.25, -0.2) is 4.98 Å². The molecule has 1 aromatic heterocycles. The highest BCUT2D eigenvalue weighted by atomic mass is 16.1. The molecular weight excluding hydrogens is 230 g/mol. The minimum atomic E-state index is -0.266. The molecule has 1 aliphatic rings. The van der Waals surface area contributed by atoms with Gasteiger partial charge in [0.25, 0.3) is 0 Å². The van der Waals surface area contributed by atoms with Crippen molar-refractivity contribution in [3.05, 3.63) is 18.3 Å². The summed E-state index contributed by atoms with van der Waals surface area (Å²) >= 11 is 0. The van der Waals surface area contributed by atoms with Gasteiger partial charge < -0.3 is 16.4 Å². The molecule has 0 spiro atoms. The lowest BCUT2D eigenvalue weighted by Gasteiger charge is -2.37. The molecule has 0 radical (unpaired) electrons. The van der Waals surface area contributed by atoms with Crippen molar-refractivity contribution in [1.82, 2.24) is 9.88 Å². The van der Waals surface area contributed by atoms with E-state index >= 15 is 0 Å². The third-order valence-electron chi connectivity index (χ3n) is 3.41. The minimum absolute atomic E-state index is 0.198. The van der Waals surface area contributed by atoms with Gasteiger partial charge in [-0.1, -0.05) is 0 Å². The van der Waals surface area contributed by atoms with E-state index in [1.54, 1.807) is 12.3 Å². The number of pyridine rings is 1. The topological polar surface area (TPSA) is 88.5 Å². The maximum Gasteiger partial charge on any atom is 0.234 e. The lowest BCUT2D eigenvalue weighted by Crippen LogP contribution is -2.53. The number of nitrogen functional groups attached to an aromatic ring is 1. The van der Waals surface area contributed by atoms with Crippen LogP contribution in [0.1, 0.15) is 6.92 Å². The summed E-state index contributed by atoms with van der Waals surface area (Å²) in [7, 11) is 0. The van der Waals surface area contributed by atoms with E-state index in [1.165, 1.54) is 0 Å². The van der Waals surface area contributed by atoms with Crippen molar-refractivity contribution < 1.29 is 4.79 Å². The summed E-state index contributed by atoms with van der Waals surface area (Å²) in [5.74, 6) is 0.261. The summed E-state index contributed by atoms with van der Waals surface area (Å²) in [5, 5.41) is 0. The van der Waals surface area contributed by atoms with E-state index in [0.717, 1.165) is 31.9 Å². The average molecular weight is 249 g/mol. The summed E-state index contributed by atoms with van der Waals surface area (Å²) in [6, 6.07) is 3.57. The Balaban J connectivity index is 1.94. The Labute approximate surface area is 107 Å². The maximum atomic E-state index is 11.1. The van der Waals surface area contributed by atoms with Crippen LogP contribution in [0.2, 0.25) is 0 Å². The lowest BCUT2D eigenvalue weighted by atomic mass is 10.2. The molecule has 0 bridgehead atoms. The zero-order valence-corrected chi connectivity index (χ0v) is 10.5. The van der Waals surface area contributed by atoms with Crippen LogP contribution in [0.5, 0.6) is 0 Å². The number of amides is 1. The molecule has 1 fully saturated rings. The number of hydrogen-bond acceptors (Lipinski definition) is 5. The fourth-order valence-corrected chi connectivity index (χ4v) is 2.13. The Morgan fingerprint density at radius 2 is 2.00 bits per heavy atom. The van der Waals surface area contributed by atoms with Crippen LogP contribution in [-0.2, 0) is 4.79 Å². The Morgan fingerprint density at radius 1 is 1.33 bits per heavy atom. The molecule has 2 heterocycles. The van der Waals surface area contributed by atoms with Crippen molar-refractivity contribution in [2.24, 2.45) is 5.73 Å². The first-order chi connectivity index (χ1) is 8.58. The van der Waals surface area contributed by atoms with E-state index in [1.807, 2.05) is 13.0 Å². The number of piperazine rings is 1. The Kier molecular flexibility index (Phi) is 3.66. The van der Waals surface area contributed by atoms with Crippen LogP contribution in [-0.4, -0.2) is 48.0 Å². The van der Waals surface area contributed by atoms with Crippen molar-refractivity contribution >= 4 is 17.4 Å². The van der Waals surface area contributed by atoms with E-state index < -0.39 is 0 Å². The number of aromatic nitrogens is 1. The zero-order chi connectivity index (χ0) is 13.1. The van der Waals surface area contributed by atoms with Crippen molar-refractivity contribution in [3.63, 3.8) is 0 Å². The van der Waals surface area contributed by atoms with Crippen molar-refractivity contribution in [1.29, 1.82) is 0 Å². The molecule has 4 N–H and O–H groups in total. The summed E-state index contributed by atoms with van der Waals surface area (Å²) < 4.78 is 0. The molecule has 1 saturated heterocycles. The van der Waals surface area contributed by atoms with Gasteiger partial charge in [0, 0.05) is 26.2 Å². The van der Waals surface area contributed by atoms with E-state index in [9.17, 15) is 4.79 Å². The van der Waals surface area contributed by atoms with E-state index in [0.29, 0.717) is 5.82 Å². The standard InChI is InChI=1S/C12H19N5O/c1-9(12(14)18)16-4-6-17(7-5-16)10-2-3-11(13)15-8-10/h2-3,8-9H,4-7H2,1H3,(H2,13,15)(H2,14,18). The summed E-state index contributed by atoms with van der Waals surface area (Å²) in [6.07, 6.45) is 1.78. The highest BCUT2D eigenvalue weighted by Crippen LogP contribution is 2.16. The van der Waals surface area contributed by atoms with Crippen LogP contribution in [0.4, 0.5) is 11.5 Å². The molecule has 1 aliphatic heterocycles.